The standard InChI is InChI=1S/C15H28N4OS/c1-11(2)7-17(8-12(3)4)10-18-15(21)19(13-5-6-13)14(9-20)16-18/h11-13,20H,5-10H2,1-4H3. The minimum Gasteiger partial charge on any atom is -0.388 e. The maximum absolute atomic E-state index is 9.50. The largest absolute Gasteiger partial charge is 0.388 e. The van der Waals surface area contributed by atoms with Crippen molar-refractivity contribution >= 4 is 12.2 Å². The summed E-state index contributed by atoms with van der Waals surface area (Å²) in [6.07, 6.45) is 2.30. The molecule has 0 radical (unpaired) electrons. The second-order valence-corrected chi connectivity index (χ2v) is 7.29. The Morgan fingerprint density at radius 1 is 1.24 bits per heavy atom. The molecule has 1 aliphatic carbocycles. The van der Waals surface area contributed by atoms with Crippen LogP contribution >= 0.6 is 12.2 Å². The fourth-order valence-electron chi connectivity index (χ4n) is 2.78. The number of aromatic nitrogens is 3. The molecular formula is C15H28N4OS. The lowest BCUT2D eigenvalue weighted by Gasteiger charge is -2.25. The van der Waals surface area contributed by atoms with E-state index in [1.807, 2.05) is 9.25 Å². The van der Waals surface area contributed by atoms with Crippen molar-refractivity contribution in [3.63, 3.8) is 0 Å². The van der Waals surface area contributed by atoms with E-state index in [1.165, 1.54) is 0 Å². The molecule has 6 heteroatoms. The zero-order valence-electron chi connectivity index (χ0n) is 13.6. The molecule has 0 atom stereocenters. The van der Waals surface area contributed by atoms with Gasteiger partial charge in [0.15, 0.2) is 10.6 Å². The van der Waals surface area contributed by atoms with Crippen molar-refractivity contribution in [2.75, 3.05) is 13.1 Å². The first kappa shape index (κ1) is 16.6. The first-order valence-corrected chi connectivity index (χ1v) is 8.34. The van der Waals surface area contributed by atoms with Crippen LogP contribution < -0.4 is 0 Å². The van der Waals surface area contributed by atoms with E-state index < -0.39 is 0 Å². The molecule has 1 N–H and O–H groups in total. The molecule has 1 heterocycles. The number of hydrogen-bond donors (Lipinski definition) is 1. The molecule has 0 aliphatic heterocycles. The fourth-order valence-corrected chi connectivity index (χ4v) is 3.13. The van der Waals surface area contributed by atoms with E-state index >= 15 is 0 Å². The minimum atomic E-state index is -0.0402. The Hall–Kier alpha value is -0.720. The maximum Gasteiger partial charge on any atom is 0.199 e. The second-order valence-electron chi connectivity index (χ2n) is 6.92. The molecule has 1 saturated carbocycles. The van der Waals surface area contributed by atoms with Gasteiger partial charge in [0.05, 0.1) is 6.67 Å². The molecule has 0 spiro atoms. The van der Waals surface area contributed by atoms with E-state index in [0.717, 1.165) is 30.7 Å². The van der Waals surface area contributed by atoms with Crippen LogP contribution in [0.15, 0.2) is 0 Å². The zero-order chi connectivity index (χ0) is 15.6. The average molecular weight is 312 g/mol. The van der Waals surface area contributed by atoms with Crippen molar-refractivity contribution in [1.82, 2.24) is 19.2 Å². The summed E-state index contributed by atoms with van der Waals surface area (Å²) in [5, 5.41) is 14.0. The lowest BCUT2D eigenvalue weighted by Crippen LogP contribution is -2.33. The van der Waals surface area contributed by atoms with Crippen LogP contribution in [0.5, 0.6) is 0 Å². The van der Waals surface area contributed by atoms with Crippen molar-refractivity contribution in [2.24, 2.45) is 11.8 Å². The monoisotopic (exact) mass is 312 g/mol. The third-order valence-corrected chi connectivity index (χ3v) is 3.98. The van der Waals surface area contributed by atoms with E-state index in [-0.39, 0.29) is 6.61 Å². The Bertz CT molecular complexity index is 506. The average Bonchev–Trinajstić information content (AvgIpc) is 3.15. The first-order chi connectivity index (χ1) is 9.92. The predicted octanol–water partition coefficient (Wildman–Crippen LogP) is 2.81. The second kappa shape index (κ2) is 7.03. The summed E-state index contributed by atoms with van der Waals surface area (Å²) in [5.74, 6) is 1.93. The van der Waals surface area contributed by atoms with Gasteiger partial charge in [0.2, 0.25) is 0 Å². The van der Waals surface area contributed by atoms with Gasteiger partial charge in [-0.15, -0.1) is 0 Å². The summed E-state index contributed by atoms with van der Waals surface area (Å²) in [5.41, 5.74) is 0. The molecule has 5 nitrogen and oxygen atoms in total. The molecule has 0 saturated heterocycles. The molecule has 120 valence electrons. The lowest BCUT2D eigenvalue weighted by atomic mass is 10.1. The van der Waals surface area contributed by atoms with Crippen LogP contribution in [0.1, 0.15) is 52.4 Å². The van der Waals surface area contributed by atoms with Crippen LogP contribution in [0.4, 0.5) is 0 Å². The summed E-state index contributed by atoms with van der Waals surface area (Å²) >= 11 is 5.57. The number of rotatable bonds is 8. The maximum atomic E-state index is 9.50. The lowest BCUT2D eigenvalue weighted by molar-refractivity contribution is 0.163. The van der Waals surface area contributed by atoms with Crippen LogP contribution in [0.2, 0.25) is 0 Å². The molecule has 0 unspecified atom stereocenters. The van der Waals surface area contributed by atoms with Crippen molar-refractivity contribution in [3.05, 3.63) is 10.6 Å². The molecule has 1 aromatic rings. The molecule has 0 aromatic carbocycles. The highest BCUT2D eigenvalue weighted by Gasteiger charge is 2.28. The minimum absolute atomic E-state index is 0.0402. The Morgan fingerprint density at radius 2 is 1.81 bits per heavy atom. The SMILES string of the molecule is CC(C)CN(CC(C)C)Cn1nc(CO)n(C2CC2)c1=S. The summed E-state index contributed by atoms with van der Waals surface area (Å²) in [6, 6.07) is 0.456. The summed E-state index contributed by atoms with van der Waals surface area (Å²) < 4.78 is 4.67. The number of aliphatic hydroxyl groups excluding tert-OH is 1. The molecule has 21 heavy (non-hydrogen) atoms. The first-order valence-electron chi connectivity index (χ1n) is 7.93. The number of nitrogens with zero attached hydrogens (tertiary/aromatic N) is 4. The van der Waals surface area contributed by atoms with E-state index in [0.29, 0.717) is 30.4 Å². The molecule has 1 aliphatic rings. The molecule has 0 amide bonds. The Labute approximate surface area is 132 Å². The van der Waals surface area contributed by atoms with Crippen molar-refractivity contribution in [2.45, 2.75) is 59.9 Å². The van der Waals surface area contributed by atoms with Gasteiger partial charge in [0.25, 0.3) is 0 Å². The summed E-state index contributed by atoms with van der Waals surface area (Å²) in [7, 11) is 0. The Morgan fingerprint density at radius 3 is 2.24 bits per heavy atom. The van der Waals surface area contributed by atoms with Crippen LogP contribution in [0.25, 0.3) is 0 Å². The van der Waals surface area contributed by atoms with Crippen molar-refractivity contribution < 1.29 is 5.11 Å². The topological polar surface area (TPSA) is 46.2 Å². The number of hydrogen-bond acceptors (Lipinski definition) is 4. The van der Waals surface area contributed by atoms with Gasteiger partial charge in [-0.3, -0.25) is 9.47 Å². The van der Waals surface area contributed by atoms with Crippen molar-refractivity contribution in [1.29, 1.82) is 0 Å². The van der Waals surface area contributed by atoms with E-state index in [4.69, 9.17) is 12.2 Å². The van der Waals surface area contributed by atoms with Crippen LogP contribution in [-0.2, 0) is 13.3 Å². The van der Waals surface area contributed by atoms with Gasteiger partial charge in [-0.25, -0.2) is 4.68 Å². The van der Waals surface area contributed by atoms with E-state index in [9.17, 15) is 5.11 Å². The highest BCUT2D eigenvalue weighted by Crippen LogP contribution is 2.36. The summed E-state index contributed by atoms with van der Waals surface area (Å²) in [6.45, 7) is 11.7. The van der Waals surface area contributed by atoms with Gasteiger partial charge in [-0.2, -0.15) is 5.10 Å². The highest BCUT2D eigenvalue weighted by atomic mass is 32.1. The Balaban J connectivity index is 2.17. The van der Waals surface area contributed by atoms with Gasteiger partial charge in [0.1, 0.15) is 6.61 Å². The fraction of sp³-hybridized carbons (Fsp3) is 0.867. The van der Waals surface area contributed by atoms with E-state index in [1.54, 1.807) is 0 Å². The normalized spacial score (nSPS) is 15.6. The van der Waals surface area contributed by atoms with Gasteiger partial charge >= 0.3 is 0 Å². The quantitative estimate of drug-likeness (QED) is 0.750. The van der Waals surface area contributed by atoms with Gasteiger partial charge in [-0.05, 0) is 36.9 Å². The molecular weight excluding hydrogens is 284 g/mol. The third-order valence-electron chi connectivity index (χ3n) is 3.58. The highest BCUT2D eigenvalue weighted by molar-refractivity contribution is 7.71. The van der Waals surface area contributed by atoms with Gasteiger partial charge in [-0.1, -0.05) is 27.7 Å². The van der Waals surface area contributed by atoms with Gasteiger partial charge in [0, 0.05) is 19.1 Å². The van der Waals surface area contributed by atoms with Gasteiger partial charge < -0.3 is 5.11 Å². The van der Waals surface area contributed by atoms with Crippen LogP contribution in [0.3, 0.4) is 0 Å². The van der Waals surface area contributed by atoms with Crippen LogP contribution in [-0.4, -0.2) is 37.4 Å². The molecule has 2 rings (SSSR count). The Kier molecular flexibility index (Phi) is 5.57. The molecule has 0 bridgehead atoms. The number of aliphatic hydroxyl groups is 1. The zero-order valence-corrected chi connectivity index (χ0v) is 14.4. The molecule has 1 aromatic heterocycles. The van der Waals surface area contributed by atoms with Crippen molar-refractivity contribution in [3.8, 4) is 0 Å². The third kappa shape index (κ3) is 4.37. The summed E-state index contributed by atoms with van der Waals surface area (Å²) in [4.78, 5) is 2.40. The predicted molar refractivity (Wildman–Crippen MR) is 86.5 cm³/mol. The van der Waals surface area contributed by atoms with Crippen LogP contribution in [0, 0.1) is 16.6 Å². The van der Waals surface area contributed by atoms with E-state index in [2.05, 4.69) is 37.7 Å². The smallest absolute Gasteiger partial charge is 0.199 e. The molecule has 1 fully saturated rings.